The third kappa shape index (κ3) is 3.69. The van der Waals surface area contributed by atoms with E-state index in [-0.39, 0.29) is 18.3 Å². The first-order chi connectivity index (χ1) is 9.76. The van der Waals surface area contributed by atoms with E-state index in [0.717, 1.165) is 49.8 Å². The summed E-state index contributed by atoms with van der Waals surface area (Å²) in [6.45, 7) is 4.03. The average Bonchev–Trinajstić information content (AvgIpc) is 2.95. The van der Waals surface area contributed by atoms with E-state index in [4.69, 9.17) is 4.74 Å². The Morgan fingerprint density at radius 1 is 1.29 bits per heavy atom. The summed E-state index contributed by atoms with van der Waals surface area (Å²) in [5.74, 6) is 2.52. The summed E-state index contributed by atoms with van der Waals surface area (Å²) in [5.41, 5.74) is 1.06. The second kappa shape index (κ2) is 7.14. The third-order valence-corrected chi connectivity index (χ3v) is 4.57. The molecule has 0 bridgehead atoms. The average molecular weight is 311 g/mol. The number of ether oxygens (including phenoxy) is 1. The standard InChI is InChI=1S/C16H22N2O2.ClH/c1-20-15-4-2-12(3-5-15)8-16(19)18-7-6-13-9-17-10-14(13)11-18;/h2-5,13-14,17H,6-11H2,1H3;1H. The Bertz CT molecular complexity index is 478. The molecule has 1 N–H and O–H groups in total. The molecule has 1 aromatic rings. The van der Waals surface area contributed by atoms with Crippen molar-refractivity contribution in [1.29, 1.82) is 0 Å². The zero-order valence-electron chi connectivity index (χ0n) is 12.4. The van der Waals surface area contributed by atoms with Crippen LogP contribution in [0.5, 0.6) is 5.75 Å². The van der Waals surface area contributed by atoms with Crippen LogP contribution >= 0.6 is 12.4 Å². The number of carbonyl (C=O) groups excluding carboxylic acids is 1. The number of amides is 1. The van der Waals surface area contributed by atoms with Crippen LogP contribution in [0.1, 0.15) is 12.0 Å². The monoisotopic (exact) mass is 310 g/mol. The van der Waals surface area contributed by atoms with Gasteiger partial charge in [0.2, 0.25) is 5.91 Å². The number of carbonyl (C=O) groups is 1. The fourth-order valence-corrected chi connectivity index (χ4v) is 3.29. The van der Waals surface area contributed by atoms with Crippen molar-refractivity contribution in [3.63, 3.8) is 0 Å². The largest absolute Gasteiger partial charge is 0.497 e. The van der Waals surface area contributed by atoms with Crippen molar-refractivity contribution in [1.82, 2.24) is 10.2 Å². The van der Waals surface area contributed by atoms with Crippen molar-refractivity contribution in [2.45, 2.75) is 12.8 Å². The quantitative estimate of drug-likeness (QED) is 0.924. The van der Waals surface area contributed by atoms with Gasteiger partial charge in [0, 0.05) is 13.1 Å². The number of piperidine rings is 1. The number of halogens is 1. The molecule has 116 valence electrons. The van der Waals surface area contributed by atoms with Crippen molar-refractivity contribution in [3.05, 3.63) is 29.8 Å². The number of benzene rings is 1. The maximum absolute atomic E-state index is 12.4. The lowest BCUT2D eigenvalue weighted by molar-refractivity contribution is -0.132. The molecule has 0 spiro atoms. The smallest absolute Gasteiger partial charge is 0.226 e. The topological polar surface area (TPSA) is 41.6 Å². The lowest BCUT2D eigenvalue weighted by Gasteiger charge is -2.34. The molecule has 2 saturated heterocycles. The van der Waals surface area contributed by atoms with E-state index in [2.05, 4.69) is 5.32 Å². The predicted octanol–water partition coefficient (Wildman–Crippen LogP) is 1.73. The van der Waals surface area contributed by atoms with Crippen LogP contribution in [0.3, 0.4) is 0 Å². The summed E-state index contributed by atoms with van der Waals surface area (Å²) >= 11 is 0. The Morgan fingerprint density at radius 2 is 2.00 bits per heavy atom. The van der Waals surface area contributed by atoms with Gasteiger partial charge in [-0.15, -0.1) is 12.4 Å². The van der Waals surface area contributed by atoms with Crippen molar-refractivity contribution in [3.8, 4) is 5.75 Å². The van der Waals surface area contributed by atoms with Gasteiger partial charge in [0.15, 0.2) is 0 Å². The third-order valence-electron chi connectivity index (χ3n) is 4.57. The molecule has 0 radical (unpaired) electrons. The van der Waals surface area contributed by atoms with Gasteiger partial charge < -0.3 is 15.0 Å². The highest BCUT2D eigenvalue weighted by Crippen LogP contribution is 2.26. The Kier molecular flexibility index (Phi) is 5.48. The predicted molar refractivity (Wildman–Crippen MR) is 85.0 cm³/mol. The minimum Gasteiger partial charge on any atom is -0.497 e. The summed E-state index contributed by atoms with van der Waals surface area (Å²) in [6.07, 6.45) is 1.64. The van der Waals surface area contributed by atoms with Gasteiger partial charge in [0.1, 0.15) is 5.75 Å². The molecule has 0 saturated carbocycles. The molecule has 0 aromatic heterocycles. The van der Waals surface area contributed by atoms with Crippen LogP contribution in [-0.2, 0) is 11.2 Å². The second-order valence-electron chi connectivity index (χ2n) is 5.83. The number of nitrogens with zero attached hydrogens (tertiary/aromatic N) is 1. The summed E-state index contributed by atoms with van der Waals surface area (Å²) in [5, 5.41) is 3.43. The van der Waals surface area contributed by atoms with Crippen LogP contribution in [0.4, 0.5) is 0 Å². The first-order valence-corrected chi connectivity index (χ1v) is 7.37. The molecule has 2 fully saturated rings. The zero-order valence-corrected chi connectivity index (χ0v) is 13.2. The Morgan fingerprint density at radius 3 is 2.71 bits per heavy atom. The number of hydrogen-bond donors (Lipinski definition) is 1. The molecular weight excluding hydrogens is 288 g/mol. The molecule has 21 heavy (non-hydrogen) atoms. The number of rotatable bonds is 3. The molecule has 2 aliphatic rings. The summed E-state index contributed by atoms with van der Waals surface area (Å²) in [4.78, 5) is 14.4. The van der Waals surface area contributed by atoms with E-state index in [0.29, 0.717) is 12.3 Å². The van der Waals surface area contributed by atoms with Crippen molar-refractivity contribution < 1.29 is 9.53 Å². The molecule has 1 amide bonds. The van der Waals surface area contributed by atoms with Gasteiger partial charge in [-0.2, -0.15) is 0 Å². The van der Waals surface area contributed by atoms with Crippen molar-refractivity contribution >= 4 is 18.3 Å². The summed E-state index contributed by atoms with van der Waals surface area (Å²) in [7, 11) is 1.65. The van der Waals surface area contributed by atoms with Crippen LogP contribution in [0.15, 0.2) is 24.3 Å². The molecule has 2 atom stereocenters. The second-order valence-corrected chi connectivity index (χ2v) is 5.83. The van der Waals surface area contributed by atoms with Crippen LogP contribution < -0.4 is 10.1 Å². The molecule has 2 heterocycles. The van der Waals surface area contributed by atoms with Crippen LogP contribution in [0, 0.1) is 11.8 Å². The van der Waals surface area contributed by atoms with E-state index in [1.807, 2.05) is 29.2 Å². The zero-order chi connectivity index (χ0) is 13.9. The molecule has 2 aliphatic heterocycles. The highest BCUT2D eigenvalue weighted by atomic mass is 35.5. The highest BCUT2D eigenvalue weighted by molar-refractivity contribution is 5.85. The van der Waals surface area contributed by atoms with Gasteiger partial charge in [0.25, 0.3) is 0 Å². The van der Waals surface area contributed by atoms with E-state index in [1.54, 1.807) is 7.11 Å². The number of fused-ring (bicyclic) bond motifs is 1. The Labute approximate surface area is 132 Å². The number of likely N-dealkylation sites (tertiary alicyclic amines) is 1. The van der Waals surface area contributed by atoms with E-state index in [9.17, 15) is 4.79 Å². The molecule has 4 nitrogen and oxygen atoms in total. The minimum atomic E-state index is 0. The fraction of sp³-hybridized carbons (Fsp3) is 0.562. The minimum absolute atomic E-state index is 0. The van der Waals surface area contributed by atoms with Gasteiger partial charge >= 0.3 is 0 Å². The number of methoxy groups -OCH3 is 1. The highest BCUT2D eigenvalue weighted by Gasteiger charge is 2.34. The first kappa shape index (κ1) is 16.1. The molecular formula is C16H23ClN2O2. The molecule has 5 heteroatoms. The van der Waals surface area contributed by atoms with Crippen LogP contribution in [0.25, 0.3) is 0 Å². The van der Waals surface area contributed by atoms with Crippen molar-refractivity contribution in [2.75, 3.05) is 33.3 Å². The van der Waals surface area contributed by atoms with Gasteiger partial charge in [-0.25, -0.2) is 0 Å². The van der Waals surface area contributed by atoms with Gasteiger partial charge in [0.05, 0.1) is 13.5 Å². The molecule has 0 aliphatic carbocycles. The Hall–Kier alpha value is -1.26. The SMILES string of the molecule is COc1ccc(CC(=O)N2CCC3CNCC3C2)cc1.Cl. The van der Waals surface area contributed by atoms with Gasteiger partial charge in [-0.05, 0) is 49.0 Å². The molecule has 1 aromatic carbocycles. The fourth-order valence-electron chi connectivity index (χ4n) is 3.29. The Balaban J connectivity index is 0.00000161. The van der Waals surface area contributed by atoms with E-state index >= 15 is 0 Å². The maximum atomic E-state index is 12.4. The first-order valence-electron chi connectivity index (χ1n) is 7.37. The maximum Gasteiger partial charge on any atom is 0.226 e. The van der Waals surface area contributed by atoms with Gasteiger partial charge in [-0.3, -0.25) is 4.79 Å². The molecule has 2 unspecified atom stereocenters. The van der Waals surface area contributed by atoms with E-state index < -0.39 is 0 Å². The molecule has 3 rings (SSSR count). The number of nitrogens with one attached hydrogen (secondary N) is 1. The van der Waals surface area contributed by atoms with Crippen LogP contribution in [-0.4, -0.2) is 44.1 Å². The van der Waals surface area contributed by atoms with Crippen LogP contribution in [0.2, 0.25) is 0 Å². The lowest BCUT2D eigenvalue weighted by atomic mass is 9.88. The summed E-state index contributed by atoms with van der Waals surface area (Å²) in [6, 6.07) is 7.77. The van der Waals surface area contributed by atoms with Crippen molar-refractivity contribution in [2.24, 2.45) is 11.8 Å². The number of hydrogen-bond acceptors (Lipinski definition) is 3. The van der Waals surface area contributed by atoms with Gasteiger partial charge in [-0.1, -0.05) is 12.1 Å². The summed E-state index contributed by atoms with van der Waals surface area (Å²) < 4.78 is 5.14. The normalized spacial score (nSPS) is 24.1. The lowest BCUT2D eigenvalue weighted by Crippen LogP contribution is -2.44. The van der Waals surface area contributed by atoms with E-state index in [1.165, 1.54) is 0 Å².